The summed E-state index contributed by atoms with van der Waals surface area (Å²) in [5, 5.41) is 2.67. The number of hydrogen-bond acceptors (Lipinski definition) is 4. The van der Waals surface area contributed by atoms with Gasteiger partial charge in [-0.2, -0.15) is 0 Å². The van der Waals surface area contributed by atoms with E-state index in [4.69, 9.17) is 4.74 Å². The van der Waals surface area contributed by atoms with Gasteiger partial charge in [0, 0.05) is 13.5 Å². The number of methoxy groups -OCH3 is 1. The van der Waals surface area contributed by atoms with Gasteiger partial charge in [-0.3, -0.25) is 9.10 Å². The van der Waals surface area contributed by atoms with Crippen LogP contribution in [-0.4, -0.2) is 34.2 Å². The molecule has 24 heavy (non-hydrogen) atoms. The van der Waals surface area contributed by atoms with Crippen LogP contribution in [0.3, 0.4) is 0 Å². The maximum absolute atomic E-state index is 12.3. The molecule has 2 rings (SSSR count). The van der Waals surface area contributed by atoms with Crippen molar-refractivity contribution in [2.45, 2.75) is 6.42 Å². The zero-order valence-corrected chi connectivity index (χ0v) is 14.4. The number of sulfonamides is 1. The third-order valence-electron chi connectivity index (χ3n) is 3.51. The minimum absolute atomic E-state index is 0.141. The first-order valence-electron chi connectivity index (χ1n) is 7.38. The quantitative estimate of drug-likeness (QED) is 0.834. The Balaban J connectivity index is 1.98. The Hall–Kier alpha value is -2.54. The van der Waals surface area contributed by atoms with Crippen LogP contribution < -0.4 is 14.4 Å². The molecule has 0 aliphatic heterocycles. The number of ether oxygens (including phenoxy) is 1. The van der Waals surface area contributed by atoms with Crippen LogP contribution in [0.1, 0.15) is 6.42 Å². The van der Waals surface area contributed by atoms with Crippen molar-refractivity contribution in [1.82, 2.24) is 0 Å². The summed E-state index contributed by atoms with van der Waals surface area (Å²) < 4.78 is 31.0. The Kier molecular flexibility index (Phi) is 5.81. The second kappa shape index (κ2) is 7.83. The van der Waals surface area contributed by atoms with Crippen molar-refractivity contribution in [3.63, 3.8) is 0 Å². The van der Waals surface area contributed by atoms with Gasteiger partial charge in [-0.1, -0.05) is 30.3 Å². The number of benzene rings is 2. The molecule has 0 saturated carbocycles. The van der Waals surface area contributed by atoms with Crippen molar-refractivity contribution in [1.29, 1.82) is 0 Å². The van der Waals surface area contributed by atoms with E-state index in [1.807, 2.05) is 6.07 Å². The highest BCUT2D eigenvalue weighted by atomic mass is 32.2. The lowest BCUT2D eigenvalue weighted by molar-refractivity contribution is -0.115. The Morgan fingerprint density at radius 3 is 2.38 bits per heavy atom. The largest absolute Gasteiger partial charge is 0.495 e. The van der Waals surface area contributed by atoms with E-state index in [2.05, 4.69) is 5.32 Å². The van der Waals surface area contributed by atoms with Crippen molar-refractivity contribution in [3.05, 3.63) is 54.6 Å². The molecule has 7 heteroatoms. The van der Waals surface area contributed by atoms with E-state index in [1.165, 1.54) is 18.5 Å². The molecule has 0 fully saturated rings. The lowest BCUT2D eigenvalue weighted by Crippen LogP contribution is -2.30. The van der Waals surface area contributed by atoms with Gasteiger partial charge in [-0.25, -0.2) is 8.42 Å². The van der Waals surface area contributed by atoms with Crippen LogP contribution >= 0.6 is 0 Å². The molecule has 0 bridgehead atoms. The molecule has 1 N–H and O–H groups in total. The number of anilines is 2. The number of rotatable bonds is 7. The Bertz CT molecular complexity index is 791. The van der Waals surface area contributed by atoms with Gasteiger partial charge in [-0.05, 0) is 24.3 Å². The standard InChI is InChI=1S/C17H20N2O4S/c1-19(14-8-4-3-5-9-14)24(21,22)13-12-17(20)18-15-10-6-7-11-16(15)23-2/h3-11H,12-13H2,1-2H3,(H,18,20). The molecule has 0 spiro atoms. The third-order valence-corrected chi connectivity index (χ3v) is 5.27. The van der Waals surface area contributed by atoms with Gasteiger partial charge in [0.2, 0.25) is 15.9 Å². The fourth-order valence-corrected chi connectivity index (χ4v) is 3.28. The number of para-hydroxylation sites is 3. The summed E-state index contributed by atoms with van der Waals surface area (Å²) in [6.45, 7) is 0. The van der Waals surface area contributed by atoms with Crippen LogP contribution in [0.25, 0.3) is 0 Å². The second-order valence-corrected chi connectivity index (χ2v) is 7.24. The number of hydrogen-bond donors (Lipinski definition) is 1. The first-order valence-corrected chi connectivity index (χ1v) is 8.99. The first kappa shape index (κ1) is 17.8. The highest BCUT2D eigenvalue weighted by molar-refractivity contribution is 7.92. The monoisotopic (exact) mass is 348 g/mol. The van der Waals surface area contributed by atoms with E-state index in [0.29, 0.717) is 17.1 Å². The summed E-state index contributed by atoms with van der Waals surface area (Å²) in [6, 6.07) is 15.7. The second-order valence-electron chi connectivity index (χ2n) is 5.12. The molecule has 0 heterocycles. The summed E-state index contributed by atoms with van der Waals surface area (Å²) in [7, 11) is -0.596. The van der Waals surface area contributed by atoms with Crippen LogP contribution in [0.4, 0.5) is 11.4 Å². The van der Waals surface area contributed by atoms with E-state index >= 15 is 0 Å². The van der Waals surface area contributed by atoms with Gasteiger partial charge in [0.05, 0.1) is 24.2 Å². The van der Waals surface area contributed by atoms with Crippen molar-refractivity contribution in [3.8, 4) is 5.75 Å². The summed E-state index contributed by atoms with van der Waals surface area (Å²) in [6.07, 6.45) is -0.141. The molecule has 6 nitrogen and oxygen atoms in total. The SMILES string of the molecule is COc1ccccc1NC(=O)CCS(=O)(=O)N(C)c1ccccc1. The molecule has 2 aromatic rings. The summed E-state index contributed by atoms with van der Waals surface area (Å²) in [5.41, 5.74) is 1.07. The maximum Gasteiger partial charge on any atom is 0.235 e. The number of nitrogens with zero attached hydrogens (tertiary/aromatic N) is 1. The van der Waals surface area contributed by atoms with E-state index in [-0.39, 0.29) is 18.1 Å². The maximum atomic E-state index is 12.3. The van der Waals surface area contributed by atoms with E-state index < -0.39 is 10.0 Å². The lowest BCUT2D eigenvalue weighted by Gasteiger charge is -2.19. The predicted molar refractivity (Wildman–Crippen MR) is 94.9 cm³/mol. The van der Waals surface area contributed by atoms with Crippen molar-refractivity contribution < 1.29 is 17.9 Å². The predicted octanol–water partition coefficient (Wildman–Crippen LogP) is 2.49. The lowest BCUT2D eigenvalue weighted by atomic mass is 10.3. The fraction of sp³-hybridized carbons (Fsp3) is 0.235. The molecule has 128 valence electrons. The van der Waals surface area contributed by atoms with Gasteiger partial charge in [-0.15, -0.1) is 0 Å². The van der Waals surface area contributed by atoms with Gasteiger partial charge < -0.3 is 10.1 Å². The Morgan fingerprint density at radius 2 is 1.71 bits per heavy atom. The van der Waals surface area contributed by atoms with E-state index in [0.717, 1.165) is 0 Å². The Morgan fingerprint density at radius 1 is 1.08 bits per heavy atom. The number of amides is 1. The van der Waals surface area contributed by atoms with Crippen LogP contribution in [0.15, 0.2) is 54.6 Å². The van der Waals surface area contributed by atoms with Gasteiger partial charge in [0.25, 0.3) is 0 Å². The zero-order valence-electron chi connectivity index (χ0n) is 13.6. The number of carbonyl (C=O) groups is 1. The normalized spacial score (nSPS) is 10.9. The molecular weight excluding hydrogens is 328 g/mol. The molecule has 0 unspecified atom stereocenters. The summed E-state index contributed by atoms with van der Waals surface area (Å²) in [4.78, 5) is 12.0. The highest BCUT2D eigenvalue weighted by Crippen LogP contribution is 2.23. The topological polar surface area (TPSA) is 75.7 Å². The van der Waals surface area contributed by atoms with Crippen molar-refractivity contribution in [2.75, 3.05) is 29.5 Å². The Labute approximate surface area is 142 Å². The van der Waals surface area contributed by atoms with Crippen LogP contribution in [-0.2, 0) is 14.8 Å². The molecule has 0 radical (unpaired) electrons. The molecule has 1 amide bonds. The fourth-order valence-electron chi connectivity index (χ4n) is 2.12. The molecule has 2 aromatic carbocycles. The summed E-state index contributed by atoms with van der Waals surface area (Å²) in [5.74, 6) is -0.140. The van der Waals surface area contributed by atoms with Crippen molar-refractivity contribution in [2.24, 2.45) is 0 Å². The number of nitrogens with one attached hydrogen (secondary N) is 1. The third kappa shape index (κ3) is 4.48. The molecule has 0 saturated heterocycles. The summed E-state index contributed by atoms with van der Waals surface area (Å²) >= 11 is 0. The van der Waals surface area contributed by atoms with Gasteiger partial charge in [0.15, 0.2) is 0 Å². The van der Waals surface area contributed by atoms with E-state index in [9.17, 15) is 13.2 Å². The minimum Gasteiger partial charge on any atom is -0.495 e. The average molecular weight is 348 g/mol. The van der Waals surface area contributed by atoms with Crippen LogP contribution in [0.2, 0.25) is 0 Å². The zero-order chi connectivity index (χ0) is 17.6. The average Bonchev–Trinajstić information content (AvgIpc) is 2.60. The molecule has 0 aliphatic rings. The highest BCUT2D eigenvalue weighted by Gasteiger charge is 2.20. The molecule has 0 aliphatic carbocycles. The molecular formula is C17H20N2O4S. The van der Waals surface area contributed by atoms with Gasteiger partial charge >= 0.3 is 0 Å². The van der Waals surface area contributed by atoms with Crippen molar-refractivity contribution >= 4 is 27.3 Å². The smallest absolute Gasteiger partial charge is 0.235 e. The van der Waals surface area contributed by atoms with Gasteiger partial charge in [0.1, 0.15) is 5.75 Å². The van der Waals surface area contributed by atoms with Crippen LogP contribution in [0, 0.1) is 0 Å². The van der Waals surface area contributed by atoms with Crippen LogP contribution in [0.5, 0.6) is 5.75 Å². The molecule has 0 aromatic heterocycles. The van der Waals surface area contributed by atoms with E-state index in [1.54, 1.807) is 48.5 Å². The molecule has 0 atom stereocenters. The number of carbonyl (C=O) groups excluding carboxylic acids is 1. The minimum atomic E-state index is -3.58. The first-order chi connectivity index (χ1) is 11.4.